The minimum atomic E-state index is -3.35. The lowest BCUT2D eigenvalue weighted by Gasteiger charge is -2.06. The maximum Gasteiger partial charge on any atom is 0.378 e. The van der Waals surface area contributed by atoms with Crippen molar-refractivity contribution in [3.05, 3.63) is 27.4 Å². The molecule has 2 N–H and O–H groups in total. The van der Waals surface area contributed by atoms with E-state index in [0.717, 1.165) is 0 Å². The van der Waals surface area contributed by atoms with Gasteiger partial charge in [0, 0.05) is 0 Å². The maximum absolute atomic E-state index is 12.4. The van der Waals surface area contributed by atoms with Gasteiger partial charge in [0.15, 0.2) is 17.5 Å². The lowest BCUT2D eigenvalue weighted by atomic mass is 10.1. The Kier molecular flexibility index (Phi) is 2.97. The van der Waals surface area contributed by atoms with Crippen LogP contribution in [0.2, 0.25) is 0 Å². The Morgan fingerprint density at radius 2 is 2.12 bits per heavy atom. The van der Waals surface area contributed by atoms with Gasteiger partial charge in [-0.1, -0.05) is 0 Å². The first kappa shape index (κ1) is 11.8. The second kappa shape index (κ2) is 4.04. The number of nitrogens with zero attached hydrogens (tertiary/aromatic N) is 2. The predicted octanol–water partition coefficient (Wildman–Crippen LogP) is 1.33. The molecule has 0 unspecified atom stereocenters. The summed E-state index contributed by atoms with van der Waals surface area (Å²) in [4.78, 5) is 22.7. The summed E-state index contributed by atoms with van der Waals surface area (Å²) in [6, 6.07) is 0. The number of hydrogen-bond donors (Lipinski definition) is 2. The van der Waals surface area contributed by atoms with E-state index in [2.05, 4.69) is 4.98 Å². The van der Waals surface area contributed by atoms with Crippen LogP contribution in [0.15, 0.2) is 6.20 Å². The first-order valence-electron chi connectivity index (χ1n) is 3.74. The van der Waals surface area contributed by atoms with Gasteiger partial charge in [-0.15, -0.1) is 0 Å². The third-order valence-electron chi connectivity index (χ3n) is 1.68. The summed E-state index contributed by atoms with van der Waals surface area (Å²) in [6.07, 6.45) is -2.95. The van der Waals surface area contributed by atoms with Crippen LogP contribution in [0.4, 0.5) is 14.6 Å². The number of aromatic nitrogens is 1. The molecule has 0 bridgehead atoms. The van der Waals surface area contributed by atoms with E-state index >= 15 is 0 Å². The van der Waals surface area contributed by atoms with Gasteiger partial charge in [-0.05, 0) is 9.91 Å². The highest BCUT2D eigenvalue weighted by molar-refractivity contribution is 5.94. The van der Waals surface area contributed by atoms with E-state index in [1.165, 1.54) is 0 Å². The molecule has 0 spiro atoms. The number of aromatic hydroxyl groups is 1. The molecule has 0 fully saturated rings. The smallest absolute Gasteiger partial charge is 0.378 e. The van der Waals surface area contributed by atoms with Crippen LogP contribution in [0.25, 0.3) is 0 Å². The molecule has 0 aromatic carbocycles. The van der Waals surface area contributed by atoms with Gasteiger partial charge < -0.3 is 20.3 Å². The second-order valence-electron chi connectivity index (χ2n) is 2.62. The van der Waals surface area contributed by atoms with Crippen molar-refractivity contribution in [2.45, 2.75) is 6.43 Å². The molecule has 16 heavy (non-hydrogen) atoms. The average Bonchev–Trinajstić information content (AvgIpc) is 2.15. The van der Waals surface area contributed by atoms with Crippen molar-refractivity contribution in [1.82, 2.24) is 4.98 Å². The third kappa shape index (κ3) is 1.87. The second-order valence-corrected chi connectivity index (χ2v) is 2.62. The predicted molar refractivity (Wildman–Crippen MR) is 44.5 cm³/mol. The number of carboxylic acid groups (broad SMARTS) is 1. The molecule has 9 heteroatoms. The first-order valence-corrected chi connectivity index (χ1v) is 3.74. The molecule has 7 nitrogen and oxygen atoms in total. The number of carbonyl (C=O) groups is 1. The average molecular weight is 234 g/mol. The van der Waals surface area contributed by atoms with Gasteiger partial charge in [-0.25, -0.2) is 13.6 Å². The van der Waals surface area contributed by atoms with Crippen molar-refractivity contribution in [3.8, 4) is 5.75 Å². The fourth-order valence-corrected chi connectivity index (χ4v) is 1.08. The zero-order valence-corrected chi connectivity index (χ0v) is 7.42. The largest absolute Gasteiger partial charge is 0.504 e. The molecule has 0 aliphatic heterocycles. The van der Waals surface area contributed by atoms with Crippen LogP contribution in [-0.2, 0) is 0 Å². The molecule has 0 saturated carbocycles. The molecule has 1 heterocycles. The number of nitro groups is 1. The van der Waals surface area contributed by atoms with Crippen molar-refractivity contribution in [2.24, 2.45) is 0 Å². The summed E-state index contributed by atoms with van der Waals surface area (Å²) in [5, 5.41) is 27.9. The lowest BCUT2D eigenvalue weighted by Crippen LogP contribution is -2.09. The molecule has 1 rings (SSSR count). The molecular weight excluding hydrogens is 230 g/mol. The van der Waals surface area contributed by atoms with Crippen LogP contribution >= 0.6 is 0 Å². The van der Waals surface area contributed by atoms with Crippen molar-refractivity contribution in [1.29, 1.82) is 0 Å². The van der Waals surface area contributed by atoms with Crippen molar-refractivity contribution < 1.29 is 28.7 Å². The van der Waals surface area contributed by atoms with Gasteiger partial charge in [0.1, 0.15) is 0 Å². The fourth-order valence-electron chi connectivity index (χ4n) is 1.08. The van der Waals surface area contributed by atoms with Crippen molar-refractivity contribution >= 4 is 11.8 Å². The SMILES string of the molecule is O=C(O)c1c([N+](=O)[O-])ncc(O)c1C(F)F. The first-order chi connectivity index (χ1) is 7.36. The Bertz CT molecular complexity index is 462. The molecule has 1 aromatic rings. The number of alkyl halides is 2. The Morgan fingerprint density at radius 1 is 1.56 bits per heavy atom. The summed E-state index contributed by atoms with van der Waals surface area (Å²) >= 11 is 0. The number of carboxylic acids is 1. The van der Waals surface area contributed by atoms with Crippen LogP contribution in [0.3, 0.4) is 0 Å². The summed E-state index contributed by atoms with van der Waals surface area (Å²) < 4.78 is 24.8. The molecule has 0 amide bonds. The molecule has 0 saturated heterocycles. The summed E-state index contributed by atoms with van der Waals surface area (Å²) in [5.41, 5.74) is -2.62. The zero-order chi connectivity index (χ0) is 12.5. The minimum Gasteiger partial charge on any atom is -0.504 e. The van der Waals surface area contributed by atoms with Crippen LogP contribution in [0, 0.1) is 10.1 Å². The van der Waals surface area contributed by atoms with E-state index in [9.17, 15) is 23.7 Å². The maximum atomic E-state index is 12.4. The van der Waals surface area contributed by atoms with Crippen LogP contribution in [0.1, 0.15) is 22.3 Å². The zero-order valence-electron chi connectivity index (χ0n) is 7.42. The van der Waals surface area contributed by atoms with Crippen LogP contribution in [-0.4, -0.2) is 26.1 Å². The monoisotopic (exact) mass is 234 g/mol. The Balaban J connectivity index is 3.63. The lowest BCUT2D eigenvalue weighted by molar-refractivity contribution is -0.390. The quantitative estimate of drug-likeness (QED) is 0.602. The van der Waals surface area contributed by atoms with Gasteiger partial charge >= 0.3 is 11.8 Å². The standard InChI is InChI=1S/C7H4F2N2O5/c8-5(9)3-2(12)1-10-6(11(15)16)4(3)7(13)14/h1,5,12H,(H,13,14). The number of rotatable bonds is 3. The molecule has 0 atom stereocenters. The summed E-state index contributed by atoms with van der Waals surface area (Å²) in [7, 11) is 0. The van der Waals surface area contributed by atoms with Crippen LogP contribution < -0.4 is 0 Å². The number of pyridine rings is 1. The molecule has 1 aromatic heterocycles. The van der Waals surface area contributed by atoms with Gasteiger partial charge in [-0.3, -0.25) is 0 Å². The molecule has 0 aliphatic rings. The highest BCUT2D eigenvalue weighted by Crippen LogP contribution is 2.34. The van der Waals surface area contributed by atoms with Crippen LogP contribution in [0.5, 0.6) is 5.75 Å². The highest BCUT2D eigenvalue weighted by Gasteiger charge is 2.32. The number of aromatic carboxylic acids is 1. The topological polar surface area (TPSA) is 114 Å². The van der Waals surface area contributed by atoms with E-state index in [1.807, 2.05) is 0 Å². The summed E-state index contributed by atoms with van der Waals surface area (Å²) in [5.74, 6) is -4.29. The van der Waals surface area contributed by atoms with E-state index in [-0.39, 0.29) is 0 Å². The molecule has 86 valence electrons. The minimum absolute atomic E-state index is 0.409. The van der Waals surface area contributed by atoms with E-state index in [0.29, 0.717) is 6.20 Å². The normalized spacial score (nSPS) is 10.4. The Labute approximate surface area is 86.1 Å². The van der Waals surface area contributed by atoms with E-state index in [1.54, 1.807) is 0 Å². The molecular formula is C7H4F2N2O5. The third-order valence-corrected chi connectivity index (χ3v) is 1.68. The number of halogens is 2. The van der Waals surface area contributed by atoms with E-state index in [4.69, 9.17) is 10.2 Å². The fraction of sp³-hybridized carbons (Fsp3) is 0.143. The van der Waals surface area contributed by atoms with Gasteiger partial charge in [0.2, 0.25) is 0 Å². The highest BCUT2D eigenvalue weighted by atomic mass is 19.3. The van der Waals surface area contributed by atoms with Gasteiger partial charge in [-0.2, -0.15) is 0 Å². The number of hydrogen-bond acceptors (Lipinski definition) is 5. The summed E-state index contributed by atoms with van der Waals surface area (Å²) in [6.45, 7) is 0. The van der Waals surface area contributed by atoms with Crippen molar-refractivity contribution in [3.63, 3.8) is 0 Å². The Hall–Kier alpha value is -2.32. The van der Waals surface area contributed by atoms with Crippen molar-refractivity contribution in [2.75, 3.05) is 0 Å². The Morgan fingerprint density at radius 3 is 2.50 bits per heavy atom. The van der Waals surface area contributed by atoms with E-state index < -0.39 is 40.0 Å². The van der Waals surface area contributed by atoms with Gasteiger partial charge in [0.05, 0.1) is 5.56 Å². The van der Waals surface area contributed by atoms with Gasteiger partial charge in [0.25, 0.3) is 6.43 Å². The molecule has 0 aliphatic carbocycles. The molecule has 0 radical (unpaired) electrons.